The third-order valence-electron chi connectivity index (χ3n) is 3.07. The Morgan fingerprint density at radius 3 is 2.14 bits per heavy atom. The van der Waals surface area contributed by atoms with E-state index in [-0.39, 0.29) is 31.5 Å². The van der Waals surface area contributed by atoms with E-state index in [2.05, 4.69) is 4.74 Å². The fraction of sp³-hybridized carbons (Fsp3) is 0.786. The molecule has 0 aliphatic rings. The third-order valence-corrected chi connectivity index (χ3v) is 3.07. The number of aliphatic carboxylic acids is 1. The molecule has 1 unspecified atom stereocenters. The summed E-state index contributed by atoms with van der Waals surface area (Å²) in [4.78, 5) is 37.5. The maximum Gasteiger partial charge on any atom is 0.320 e. The normalized spacial score (nSPS) is 12.5. The highest BCUT2D eigenvalue weighted by Gasteiger charge is 2.30. The number of carboxylic acid groups (broad SMARTS) is 1. The molecule has 7 nitrogen and oxygen atoms in total. The predicted octanol–water partition coefficient (Wildman–Crippen LogP) is 1.42. The van der Waals surface area contributed by atoms with Crippen LogP contribution in [-0.4, -0.2) is 65.7 Å². The van der Waals surface area contributed by atoms with Crippen LogP contribution < -0.4 is 0 Å². The topological polar surface area (TPSA) is 87.2 Å². The minimum Gasteiger partial charge on any atom is -0.481 e. The predicted molar refractivity (Wildman–Crippen MR) is 77.9 cm³/mol. The van der Waals surface area contributed by atoms with Crippen LogP contribution in [0.3, 0.4) is 0 Å². The average Bonchev–Trinajstić information content (AvgIpc) is 2.35. The molecule has 0 aromatic heterocycles. The van der Waals surface area contributed by atoms with Crippen molar-refractivity contribution in [2.75, 3.05) is 27.2 Å². The number of hydrogen-bond donors (Lipinski definition) is 1. The zero-order valence-electron chi connectivity index (χ0n) is 13.7. The molecular formula is C14H26N2O5. The quantitative estimate of drug-likeness (QED) is 0.750. The Morgan fingerprint density at radius 2 is 1.76 bits per heavy atom. The zero-order chi connectivity index (χ0) is 16.8. The van der Waals surface area contributed by atoms with Crippen molar-refractivity contribution in [2.24, 2.45) is 5.92 Å². The van der Waals surface area contributed by atoms with Crippen LogP contribution in [0.5, 0.6) is 0 Å². The van der Waals surface area contributed by atoms with Crippen LogP contribution in [0.25, 0.3) is 0 Å². The van der Waals surface area contributed by atoms with Crippen LogP contribution in [0.2, 0.25) is 0 Å². The Bertz CT molecular complexity index is 389. The Labute approximate surface area is 125 Å². The Kier molecular flexibility index (Phi) is 7.18. The lowest BCUT2D eigenvalue weighted by Gasteiger charge is -2.38. The lowest BCUT2D eigenvalue weighted by molar-refractivity contribution is -0.145. The number of amides is 2. The number of rotatable bonds is 6. The van der Waals surface area contributed by atoms with E-state index in [4.69, 9.17) is 5.11 Å². The molecule has 0 saturated carbocycles. The Balaban J connectivity index is 4.86. The van der Waals surface area contributed by atoms with Crippen molar-refractivity contribution in [3.05, 3.63) is 0 Å². The second kappa shape index (κ2) is 7.85. The molecule has 2 amide bonds. The minimum atomic E-state index is -0.956. The first-order valence-corrected chi connectivity index (χ1v) is 6.83. The van der Waals surface area contributed by atoms with E-state index in [0.717, 1.165) is 0 Å². The fourth-order valence-electron chi connectivity index (χ4n) is 1.90. The molecule has 0 aliphatic carbocycles. The number of carbonyl (C=O) groups is 3. The van der Waals surface area contributed by atoms with Crippen LogP contribution in [-0.2, 0) is 14.3 Å². The first-order chi connectivity index (χ1) is 9.50. The van der Waals surface area contributed by atoms with Gasteiger partial charge in [0.2, 0.25) is 0 Å². The van der Waals surface area contributed by atoms with Gasteiger partial charge in [-0.2, -0.15) is 0 Å². The summed E-state index contributed by atoms with van der Waals surface area (Å²) in [5.41, 5.74) is -0.505. The van der Waals surface area contributed by atoms with Crippen LogP contribution in [0.4, 0.5) is 4.79 Å². The van der Waals surface area contributed by atoms with Crippen molar-refractivity contribution in [2.45, 2.75) is 39.7 Å². The average molecular weight is 302 g/mol. The largest absolute Gasteiger partial charge is 0.481 e. The van der Waals surface area contributed by atoms with Crippen molar-refractivity contribution < 1.29 is 24.2 Å². The number of hydrogen-bond acceptors (Lipinski definition) is 4. The number of methoxy groups -OCH3 is 1. The molecule has 1 N–H and O–H groups in total. The molecule has 0 heterocycles. The van der Waals surface area contributed by atoms with Gasteiger partial charge in [-0.15, -0.1) is 0 Å². The summed E-state index contributed by atoms with van der Waals surface area (Å²) in [6.07, 6.45) is -0.122. The van der Waals surface area contributed by atoms with Crippen LogP contribution in [0.1, 0.15) is 34.1 Å². The lowest BCUT2D eigenvalue weighted by atomic mass is 10.1. The van der Waals surface area contributed by atoms with Gasteiger partial charge < -0.3 is 19.6 Å². The number of ether oxygens (including phenoxy) is 1. The van der Waals surface area contributed by atoms with E-state index in [0.29, 0.717) is 0 Å². The van der Waals surface area contributed by atoms with Crippen molar-refractivity contribution in [3.63, 3.8) is 0 Å². The third kappa shape index (κ3) is 6.46. The number of nitrogens with zero attached hydrogens (tertiary/aromatic N) is 2. The highest BCUT2D eigenvalue weighted by atomic mass is 16.5. The van der Waals surface area contributed by atoms with Crippen molar-refractivity contribution in [1.82, 2.24) is 9.80 Å². The van der Waals surface area contributed by atoms with Crippen molar-refractivity contribution in [3.8, 4) is 0 Å². The summed E-state index contributed by atoms with van der Waals surface area (Å²) in [6.45, 7) is 7.52. The van der Waals surface area contributed by atoms with E-state index in [9.17, 15) is 14.4 Å². The molecule has 1 atom stereocenters. The number of carbonyl (C=O) groups excluding carboxylic acids is 2. The van der Waals surface area contributed by atoms with Gasteiger partial charge in [0.05, 0.1) is 19.4 Å². The van der Waals surface area contributed by atoms with Gasteiger partial charge >= 0.3 is 18.0 Å². The van der Waals surface area contributed by atoms with Gasteiger partial charge in [0.1, 0.15) is 0 Å². The molecule has 21 heavy (non-hydrogen) atoms. The Hall–Kier alpha value is -1.79. The van der Waals surface area contributed by atoms with Gasteiger partial charge in [0.15, 0.2) is 0 Å². The highest BCUT2D eigenvalue weighted by Crippen LogP contribution is 2.16. The highest BCUT2D eigenvalue weighted by molar-refractivity contribution is 5.77. The second-order valence-electron chi connectivity index (χ2n) is 6.05. The smallest absolute Gasteiger partial charge is 0.320 e. The zero-order valence-corrected chi connectivity index (χ0v) is 13.7. The van der Waals surface area contributed by atoms with Gasteiger partial charge in [-0.25, -0.2) is 4.79 Å². The molecule has 0 rings (SSSR count). The van der Waals surface area contributed by atoms with Gasteiger partial charge in [-0.05, 0) is 20.8 Å². The first kappa shape index (κ1) is 19.2. The van der Waals surface area contributed by atoms with Crippen LogP contribution in [0.15, 0.2) is 0 Å². The minimum absolute atomic E-state index is 0.120. The number of esters is 1. The molecule has 0 bridgehead atoms. The van der Waals surface area contributed by atoms with E-state index < -0.39 is 17.4 Å². The lowest BCUT2D eigenvalue weighted by Crippen LogP contribution is -2.52. The summed E-state index contributed by atoms with van der Waals surface area (Å²) < 4.78 is 4.63. The standard InChI is InChI=1S/C14H26N2O5/c1-10(12(19)21-6)9-15(5)13(20)16(14(2,3)4)8-7-11(17)18/h10H,7-9H2,1-6H3,(H,17,18). The van der Waals surface area contributed by atoms with Crippen molar-refractivity contribution >= 4 is 18.0 Å². The molecule has 0 aromatic carbocycles. The SMILES string of the molecule is COC(=O)C(C)CN(C)C(=O)N(CCC(=O)O)C(C)(C)C. The summed E-state index contributed by atoms with van der Waals surface area (Å²) in [5, 5.41) is 8.79. The van der Waals surface area contributed by atoms with Gasteiger partial charge in [-0.3, -0.25) is 9.59 Å². The molecule has 0 aromatic rings. The van der Waals surface area contributed by atoms with Gasteiger partial charge in [-0.1, -0.05) is 6.92 Å². The van der Waals surface area contributed by atoms with Crippen molar-refractivity contribution in [1.29, 1.82) is 0 Å². The summed E-state index contributed by atoms with van der Waals surface area (Å²) in [7, 11) is 2.89. The molecule has 7 heteroatoms. The maximum absolute atomic E-state index is 12.5. The molecule has 0 radical (unpaired) electrons. The summed E-state index contributed by atoms with van der Waals surface area (Å²) in [5.74, 6) is -1.78. The molecule has 0 spiro atoms. The van der Waals surface area contributed by atoms with Gasteiger partial charge in [0, 0.05) is 25.7 Å². The fourth-order valence-corrected chi connectivity index (χ4v) is 1.90. The molecule has 0 fully saturated rings. The van der Waals surface area contributed by atoms with Crippen LogP contribution in [0, 0.1) is 5.92 Å². The summed E-state index contributed by atoms with van der Waals surface area (Å²) >= 11 is 0. The maximum atomic E-state index is 12.5. The van der Waals surface area contributed by atoms with E-state index in [1.165, 1.54) is 16.9 Å². The van der Waals surface area contributed by atoms with E-state index >= 15 is 0 Å². The number of carboxylic acids is 1. The molecular weight excluding hydrogens is 276 g/mol. The first-order valence-electron chi connectivity index (χ1n) is 6.83. The Morgan fingerprint density at radius 1 is 1.24 bits per heavy atom. The van der Waals surface area contributed by atoms with E-state index in [1.54, 1.807) is 14.0 Å². The molecule has 0 saturated heterocycles. The number of urea groups is 1. The molecule has 0 aliphatic heterocycles. The van der Waals surface area contributed by atoms with E-state index in [1.807, 2.05) is 20.8 Å². The second-order valence-corrected chi connectivity index (χ2v) is 6.05. The summed E-state index contributed by atoms with van der Waals surface area (Å²) in [6, 6.07) is -0.306. The van der Waals surface area contributed by atoms with Crippen LogP contribution >= 0.6 is 0 Å². The van der Waals surface area contributed by atoms with Gasteiger partial charge in [0.25, 0.3) is 0 Å². The monoisotopic (exact) mass is 302 g/mol. The molecule has 122 valence electrons.